The lowest BCUT2D eigenvalue weighted by Gasteiger charge is -2.10. The van der Waals surface area contributed by atoms with Crippen molar-refractivity contribution < 1.29 is 4.79 Å². The van der Waals surface area contributed by atoms with Gasteiger partial charge < -0.3 is 10.6 Å². The van der Waals surface area contributed by atoms with Crippen LogP contribution < -0.4 is 10.6 Å². The summed E-state index contributed by atoms with van der Waals surface area (Å²) < 4.78 is 0. The van der Waals surface area contributed by atoms with Gasteiger partial charge in [0.25, 0.3) is 5.91 Å². The van der Waals surface area contributed by atoms with Gasteiger partial charge in [0.15, 0.2) is 0 Å². The second-order valence-corrected chi connectivity index (χ2v) is 5.80. The van der Waals surface area contributed by atoms with Crippen LogP contribution in [-0.2, 0) is 0 Å². The van der Waals surface area contributed by atoms with E-state index in [0.29, 0.717) is 17.5 Å². The van der Waals surface area contributed by atoms with Gasteiger partial charge in [-0.15, -0.1) is 36.2 Å². The van der Waals surface area contributed by atoms with Gasteiger partial charge in [-0.1, -0.05) is 0 Å². The number of aromatic nitrogens is 2. The highest BCUT2D eigenvalue weighted by Gasteiger charge is 2.16. The molecule has 2 aromatic rings. The molecule has 1 aliphatic heterocycles. The molecule has 2 N–H and O–H groups in total. The molecule has 0 aromatic carbocycles. The summed E-state index contributed by atoms with van der Waals surface area (Å²) in [7, 11) is 0. The van der Waals surface area contributed by atoms with Crippen LogP contribution in [0.3, 0.4) is 0 Å². The number of carbonyl (C=O) groups is 1. The lowest BCUT2D eigenvalue weighted by molar-refractivity contribution is 0.0954. The van der Waals surface area contributed by atoms with Crippen molar-refractivity contribution in [2.75, 3.05) is 13.1 Å². The Labute approximate surface area is 145 Å². The van der Waals surface area contributed by atoms with Gasteiger partial charge in [-0.05, 0) is 31.5 Å². The predicted molar refractivity (Wildman–Crippen MR) is 93.2 cm³/mol. The van der Waals surface area contributed by atoms with Crippen LogP contribution in [0.1, 0.15) is 22.5 Å². The van der Waals surface area contributed by atoms with E-state index in [4.69, 9.17) is 0 Å². The highest BCUT2D eigenvalue weighted by Crippen LogP contribution is 2.24. The molecular weight excluding hydrogens is 343 g/mol. The maximum Gasteiger partial charge on any atom is 0.263 e. The predicted octanol–water partition coefficient (Wildman–Crippen LogP) is 2.53. The molecule has 8 heteroatoms. The summed E-state index contributed by atoms with van der Waals surface area (Å²) in [6.07, 6.45) is 7.40. The Bertz CT molecular complexity index is 588. The van der Waals surface area contributed by atoms with Crippen molar-refractivity contribution in [3.8, 4) is 10.6 Å². The van der Waals surface area contributed by atoms with Gasteiger partial charge in [0.1, 0.15) is 9.88 Å². The molecule has 1 saturated heterocycles. The van der Waals surface area contributed by atoms with E-state index < -0.39 is 0 Å². The van der Waals surface area contributed by atoms with Crippen molar-refractivity contribution >= 4 is 42.1 Å². The Morgan fingerprint density at radius 2 is 2.14 bits per heavy atom. The largest absolute Gasteiger partial charge is 0.350 e. The van der Waals surface area contributed by atoms with Crippen molar-refractivity contribution in [1.82, 2.24) is 20.6 Å². The molecular formula is C14H18Cl2N4OS. The normalized spacial score (nSPS) is 16.5. The maximum atomic E-state index is 12.1. The van der Waals surface area contributed by atoms with Gasteiger partial charge in [0.2, 0.25) is 0 Å². The SMILES string of the molecule is Cl.Cl.O=C(NCC1CCCN1)c1cnc(-c2ccncc2)s1. The fraction of sp³-hybridized carbons (Fsp3) is 0.357. The van der Waals surface area contributed by atoms with Crippen molar-refractivity contribution in [2.24, 2.45) is 0 Å². The Balaban J connectivity index is 0.00000121. The van der Waals surface area contributed by atoms with Crippen LogP contribution >= 0.6 is 36.2 Å². The Morgan fingerprint density at radius 3 is 2.82 bits per heavy atom. The third-order valence-electron chi connectivity index (χ3n) is 3.33. The molecule has 0 aliphatic carbocycles. The van der Waals surface area contributed by atoms with E-state index >= 15 is 0 Å². The highest BCUT2D eigenvalue weighted by molar-refractivity contribution is 7.16. The molecule has 3 rings (SSSR count). The summed E-state index contributed by atoms with van der Waals surface area (Å²) in [6, 6.07) is 4.19. The first-order valence-corrected chi connectivity index (χ1v) is 7.52. The molecule has 0 bridgehead atoms. The van der Waals surface area contributed by atoms with Crippen LogP contribution in [0, 0.1) is 0 Å². The van der Waals surface area contributed by atoms with Crippen molar-refractivity contribution in [3.63, 3.8) is 0 Å². The smallest absolute Gasteiger partial charge is 0.263 e. The summed E-state index contributed by atoms with van der Waals surface area (Å²) in [5, 5.41) is 7.17. The van der Waals surface area contributed by atoms with Crippen molar-refractivity contribution in [1.29, 1.82) is 0 Å². The van der Waals surface area contributed by atoms with Crippen LogP contribution in [0.25, 0.3) is 10.6 Å². The van der Waals surface area contributed by atoms with Crippen LogP contribution in [0.5, 0.6) is 0 Å². The molecule has 2 aromatic heterocycles. The molecule has 0 saturated carbocycles. The van der Waals surface area contributed by atoms with E-state index in [-0.39, 0.29) is 30.7 Å². The van der Waals surface area contributed by atoms with Gasteiger partial charge in [0, 0.05) is 30.5 Å². The van der Waals surface area contributed by atoms with E-state index in [0.717, 1.165) is 23.5 Å². The van der Waals surface area contributed by atoms with Gasteiger partial charge in [-0.3, -0.25) is 9.78 Å². The number of thiazole rings is 1. The number of halogens is 2. The number of pyridine rings is 1. The number of carbonyl (C=O) groups excluding carboxylic acids is 1. The van der Waals surface area contributed by atoms with Gasteiger partial charge in [-0.2, -0.15) is 0 Å². The van der Waals surface area contributed by atoms with E-state index in [9.17, 15) is 4.79 Å². The minimum absolute atomic E-state index is 0. The second-order valence-electron chi connectivity index (χ2n) is 4.77. The van der Waals surface area contributed by atoms with Crippen LogP contribution in [0.15, 0.2) is 30.7 Å². The fourth-order valence-electron chi connectivity index (χ4n) is 2.24. The Kier molecular flexibility index (Phi) is 7.75. The first kappa shape index (κ1) is 18.8. The molecule has 120 valence electrons. The number of hydrogen-bond donors (Lipinski definition) is 2. The van der Waals surface area contributed by atoms with E-state index in [1.165, 1.54) is 17.8 Å². The summed E-state index contributed by atoms with van der Waals surface area (Å²) in [5.41, 5.74) is 0.988. The molecule has 0 spiro atoms. The number of hydrogen-bond acceptors (Lipinski definition) is 5. The molecule has 1 unspecified atom stereocenters. The summed E-state index contributed by atoms with van der Waals surface area (Å²) >= 11 is 1.41. The molecule has 1 aliphatic rings. The number of nitrogens with one attached hydrogen (secondary N) is 2. The third-order valence-corrected chi connectivity index (χ3v) is 4.37. The topological polar surface area (TPSA) is 66.9 Å². The fourth-order valence-corrected chi connectivity index (χ4v) is 3.08. The Hall–Kier alpha value is -1.21. The van der Waals surface area contributed by atoms with E-state index in [1.807, 2.05) is 12.1 Å². The average Bonchev–Trinajstić information content (AvgIpc) is 3.17. The molecule has 1 atom stereocenters. The first-order valence-electron chi connectivity index (χ1n) is 6.71. The lowest BCUT2D eigenvalue weighted by Crippen LogP contribution is -2.36. The molecule has 1 amide bonds. The summed E-state index contributed by atoms with van der Waals surface area (Å²) in [5.74, 6) is -0.0449. The van der Waals surface area contributed by atoms with E-state index in [2.05, 4.69) is 20.6 Å². The highest BCUT2D eigenvalue weighted by atomic mass is 35.5. The maximum absolute atomic E-state index is 12.1. The second kappa shape index (κ2) is 9.05. The van der Waals surface area contributed by atoms with Crippen molar-refractivity contribution in [3.05, 3.63) is 35.6 Å². The number of nitrogens with zero attached hydrogens (tertiary/aromatic N) is 2. The zero-order chi connectivity index (χ0) is 13.8. The van der Waals surface area contributed by atoms with Crippen LogP contribution in [-0.4, -0.2) is 35.0 Å². The minimum atomic E-state index is -0.0449. The van der Waals surface area contributed by atoms with Gasteiger partial charge in [-0.25, -0.2) is 4.98 Å². The molecule has 3 heterocycles. The quantitative estimate of drug-likeness (QED) is 0.878. The first-order chi connectivity index (χ1) is 9.83. The monoisotopic (exact) mass is 360 g/mol. The lowest BCUT2D eigenvalue weighted by atomic mass is 10.2. The summed E-state index contributed by atoms with van der Waals surface area (Å²) in [6.45, 7) is 1.73. The molecule has 1 fully saturated rings. The zero-order valence-electron chi connectivity index (χ0n) is 11.8. The minimum Gasteiger partial charge on any atom is -0.350 e. The van der Waals surface area contributed by atoms with Crippen molar-refractivity contribution in [2.45, 2.75) is 18.9 Å². The standard InChI is InChI=1S/C14H16N4OS.2ClH/c19-13(17-8-11-2-1-5-16-11)12-9-18-14(20-12)10-3-6-15-7-4-10;;/h3-4,6-7,9,11,16H,1-2,5,8H2,(H,17,19);2*1H. The molecule has 22 heavy (non-hydrogen) atoms. The Morgan fingerprint density at radius 1 is 1.36 bits per heavy atom. The van der Waals surface area contributed by atoms with Gasteiger partial charge in [0.05, 0.1) is 6.20 Å². The zero-order valence-corrected chi connectivity index (χ0v) is 14.3. The average molecular weight is 361 g/mol. The molecule has 0 radical (unpaired) electrons. The summed E-state index contributed by atoms with van der Waals surface area (Å²) in [4.78, 5) is 21.0. The van der Waals surface area contributed by atoms with Crippen LogP contribution in [0.2, 0.25) is 0 Å². The van der Waals surface area contributed by atoms with E-state index in [1.54, 1.807) is 18.6 Å². The third kappa shape index (κ3) is 4.64. The number of amides is 1. The number of rotatable bonds is 4. The van der Waals surface area contributed by atoms with Crippen LogP contribution in [0.4, 0.5) is 0 Å². The van der Waals surface area contributed by atoms with Gasteiger partial charge >= 0.3 is 0 Å². The molecule has 5 nitrogen and oxygen atoms in total.